The fourth-order valence-corrected chi connectivity index (χ4v) is 4.57. The van der Waals surface area contributed by atoms with Crippen LogP contribution >= 0.6 is 0 Å². The van der Waals surface area contributed by atoms with Gasteiger partial charge in [0.05, 0.1) is 30.6 Å². The van der Waals surface area contributed by atoms with Crippen molar-refractivity contribution in [1.82, 2.24) is 10.2 Å². The molecule has 34 heavy (non-hydrogen) atoms. The third-order valence-corrected chi connectivity index (χ3v) is 6.29. The lowest BCUT2D eigenvalue weighted by Crippen LogP contribution is -2.54. The maximum atomic E-state index is 13.3. The van der Waals surface area contributed by atoms with Crippen LogP contribution in [0.3, 0.4) is 0 Å². The van der Waals surface area contributed by atoms with E-state index in [9.17, 15) is 14.4 Å². The molecular weight excluding hydrogens is 434 g/mol. The van der Waals surface area contributed by atoms with Crippen LogP contribution in [-0.2, 0) is 20.7 Å². The van der Waals surface area contributed by atoms with E-state index in [2.05, 4.69) is 10.6 Å². The third-order valence-electron chi connectivity index (χ3n) is 6.29. The Morgan fingerprint density at radius 1 is 1.09 bits per heavy atom. The third kappa shape index (κ3) is 5.56. The van der Waals surface area contributed by atoms with E-state index in [1.807, 2.05) is 37.3 Å². The van der Waals surface area contributed by atoms with Gasteiger partial charge in [0.2, 0.25) is 11.8 Å². The number of carbonyl (C=O) groups is 3. The number of fused-ring (bicyclic) bond motifs is 2. The highest BCUT2D eigenvalue weighted by Crippen LogP contribution is 2.32. The average molecular weight is 466 g/mol. The minimum atomic E-state index is -0.319. The highest BCUT2D eigenvalue weighted by molar-refractivity contribution is 6.00. The SMILES string of the molecule is CCNC(=O)C[C@H]1CC[C@@H]2[C@H](COc3ccc(NC(=O)Cc4ccccc4)cc3C(=O)N2C)O1. The number of benzene rings is 2. The van der Waals surface area contributed by atoms with Crippen LogP contribution in [0.2, 0.25) is 0 Å². The molecule has 1 fully saturated rings. The number of anilines is 1. The highest BCUT2D eigenvalue weighted by atomic mass is 16.5. The lowest BCUT2D eigenvalue weighted by atomic mass is 9.94. The molecule has 180 valence electrons. The van der Waals surface area contributed by atoms with Crippen molar-refractivity contribution in [2.24, 2.45) is 0 Å². The average Bonchev–Trinajstić information content (AvgIpc) is 2.82. The summed E-state index contributed by atoms with van der Waals surface area (Å²) in [6.45, 7) is 2.75. The van der Waals surface area contributed by atoms with Gasteiger partial charge in [0.25, 0.3) is 5.91 Å². The molecule has 2 aromatic carbocycles. The Morgan fingerprint density at radius 3 is 2.65 bits per heavy atom. The first-order chi connectivity index (χ1) is 16.4. The van der Waals surface area contributed by atoms with Gasteiger partial charge in [-0.2, -0.15) is 0 Å². The lowest BCUT2D eigenvalue weighted by molar-refractivity contribution is -0.134. The van der Waals surface area contributed by atoms with E-state index in [1.54, 1.807) is 30.1 Å². The molecule has 8 heteroatoms. The van der Waals surface area contributed by atoms with Crippen LogP contribution in [-0.4, -0.2) is 61.1 Å². The molecule has 2 aliphatic heterocycles. The molecule has 0 unspecified atom stereocenters. The number of likely N-dealkylation sites (N-methyl/N-ethyl adjacent to an activating group) is 1. The number of nitrogens with zero attached hydrogens (tertiary/aromatic N) is 1. The Morgan fingerprint density at radius 2 is 1.88 bits per heavy atom. The number of ether oxygens (including phenoxy) is 2. The predicted octanol–water partition coefficient (Wildman–Crippen LogP) is 2.77. The maximum absolute atomic E-state index is 13.3. The number of rotatable bonds is 6. The normalized spacial score (nSPS) is 21.9. The molecule has 4 rings (SSSR count). The molecule has 2 N–H and O–H groups in total. The molecule has 1 saturated heterocycles. The molecule has 0 saturated carbocycles. The second-order valence-electron chi connectivity index (χ2n) is 8.75. The second-order valence-corrected chi connectivity index (χ2v) is 8.75. The zero-order valence-corrected chi connectivity index (χ0v) is 19.6. The molecule has 2 heterocycles. The summed E-state index contributed by atoms with van der Waals surface area (Å²) in [4.78, 5) is 39.5. The number of carbonyl (C=O) groups excluding carboxylic acids is 3. The van der Waals surface area contributed by atoms with E-state index >= 15 is 0 Å². The molecule has 0 spiro atoms. The van der Waals surface area contributed by atoms with Crippen LogP contribution < -0.4 is 15.4 Å². The number of amides is 3. The summed E-state index contributed by atoms with van der Waals surface area (Å²) in [5.41, 5.74) is 1.87. The van der Waals surface area contributed by atoms with Crippen molar-refractivity contribution in [2.45, 2.75) is 50.9 Å². The van der Waals surface area contributed by atoms with E-state index in [0.717, 1.165) is 12.0 Å². The number of hydrogen-bond donors (Lipinski definition) is 2. The fraction of sp³-hybridized carbons (Fsp3) is 0.423. The largest absolute Gasteiger partial charge is 0.490 e. The van der Waals surface area contributed by atoms with E-state index < -0.39 is 0 Å². The molecule has 3 amide bonds. The van der Waals surface area contributed by atoms with E-state index in [0.29, 0.717) is 36.4 Å². The van der Waals surface area contributed by atoms with Crippen molar-refractivity contribution < 1.29 is 23.9 Å². The number of nitrogens with one attached hydrogen (secondary N) is 2. The molecule has 2 aliphatic rings. The molecule has 8 nitrogen and oxygen atoms in total. The summed E-state index contributed by atoms with van der Waals surface area (Å²) in [6, 6.07) is 14.4. The number of hydrogen-bond acceptors (Lipinski definition) is 5. The first-order valence-corrected chi connectivity index (χ1v) is 11.7. The van der Waals surface area contributed by atoms with Gasteiger partial charge in [-0.15, -0.1) is 0 Å². The molecular formula is C26H31N3O5. The first-order valence-electron chi connectivity index (χ1n) is 11.7. The summed E-state index contributed by atoms with van der Waals surface area (Å²) in [6.07, 6.45) is 1.46. The van der Waals surface area contributed by atoms with Gasteiger partial charge in [0.1, 0.15) is 18.5 Å². The summed E-state index contributed by atoms with van der Waals surface area (Å²) < 4.78 is 12.2. The molecule has 0 bridgehead atoms. The monoisotopic (exact) mass is 465 g/mol. The van der Waals surface area contributed by atoms with Crippen molar-refractivity contribution in [1.29, 1.82) is 0 Å². The van der Waals surface area contributed by atoms with Crippen molar-refractivity contribution in [3.63, 3.8) is 0 Å². The minimum absolute atomic E-state index is 0.0330. The lowest BCUT2D eigenvalue weighted by Gasteiger charge is -2.42. The predicted molar refractivity (Wildman–Crippen MR) is 128 cm³/mol. The smallest absolute Gasteiger partial charge is 0.257 e. The van der Waals surface area contributed by atoms with Crippen molar-refractivity contribution in [3.05, 3.63) is 59.7 Å². The van der Waals surface area contributed by atoms with Gasteiger partial charge in [0.15, 0.2) is 0 Å². The van der Waals surface area contributed by atoms with Gasteiger partial charge in [-0.25, -0.2) is 0 Å². The zero-order valence-electron chi connectivity index (χ0n) is 19.6. The quantitative estimate of drug-likeness (QED) is 0.684. The summed E-state index contributed by atoms with van der Waals surface area (Å²) in [7, 11) is 1.77. The zero-order chi connectivity index (χ0) is 24.1. The van der Waals surface area contributed by atoms with Crippen LogP contribution in [0.15, 0.2) is 48.5 Å². The maximum Gasteiger partial charge on any atom is 0.257 e. The van der Waals surface area contributed by atoms with Gasteiger partial charge < -0.3 is 25.0 Å². The molecule has 3 atom stereocenters. The van der Waals surface area contributed by atoms with Gasteiger partial charge in [-0.3, -0.25) is 14.4 Å². The van der Waals surface area contributed by atoms with Gasteiger partial charge in [0, 0.05) is 19.3 Å². The Hall–Kier alpha value is -3.39. The van der Waals surface area contributed by atoms with Crippen LogP contribution in [0.5, 0.6) is 5.75 Å². The van der Waals surface area contributed by atoms with Crippen molar-refractivity contribution in [2.75, 3.05) is 25.5 Å². The van der Waals surface area contributed by atoms with Gasteiger partial charge in [-0.1, -0.05) is 30.3 Å². The Bertz CT molecular complexity index is 1040. The van der Waals surface area contributed by atoms with E-state index in [1.165, 1.54) is 0 Å². The van der Waals surface area contributed by atoms with Gasteiger partial charge in [-0.05, 0) is 43.5 Å². The fourth-order valence-electron chi connectivity index (χ4n) is 4.57. The van der Waals surface area contributed by atoms with Gasteiger partial charge >= 0.3 is 0 Å². The Kier molecular flexibility index (Phi) is 7.47. The highest BCUT2D eigenvalue weighted by Gasteiger charge is 2.39. The molecule has 0 radical (unpaired) electrons. The van der Waals surface area contributed by atoms with Crippen molar-refractivity contribution in [3.8, 4) is 5.75 Å². The van der Waals surface area contributed by atoms with E-state index in [4.69, 9.17) is 9.47 Å². The Balaban J connectivity index is 1.45. The molecule has 2 aromatic rings. The summed E-state index contributed by atoms with van der Waals surface area (Å²) in [5.74, 6) is 0.0763. The summed E-state index contributed by atoms with van der Waals surface area (Å²) in [5, 5.41) is 5.68. The van der Waals surface area contributed by atoms with E-state index in [-0.39, 0.29) is 49.0 Å². The summed E-state index contributed by atoms with van der Waals surface area (Å²) >= 11 is 0. The van der Waals surface area contributed by atoms with Crippen LogP contribution in [0, 0.1) is 0 Å². The minimum Gasteiger partial charge on any atom is -0.490 e. The first kappa shape index (κ1) is 23.8. The molecule has 0 aliphatic carbocycles. The standard InChI is InChI=1S/C26H31N3O5/c1-3-27-24(30)15-19-10-11-21-23(34-19)16-33-22-12-9-18(14-20(22)26(32)29(21)2)28-25(31)13-17-7-5-4-6-8-17/h4-9,12,14,19,21,23H,3,10-11,13,15-16H2,1-2H3,(H,27,30)(H,28,31)/t19-,21-,23+/m1/s1. The van der Waals surface area contributed by atoms with Crippen LogP contribution in [0.4, 0.5) is 5.69 Å². The van der Waals surface area contributed by atoms with Crippen LogP contribution in [0.1, 0.15) is 42.1 Å². The topological polar surface area (TPSA) is 97.0 Å². The second kappa shape index (κ2) is 10.7. The van der Waals surface area contributed by atoms with Crippen LogP contribution in [0.25, 0.3) is 0 Å². The van der Waals surface area contributed by atoms with Crippen molar-refractivity contribution >= 4 is 23.4 Å². The molecule has 0 aromatic heterocycles. The Labute approximate surface area is 199 Å².